The van der Waals surface area contributed by atoms with Crippen LogP contribution in [0.25, 0.3) is 0 Å². The summed E-state index contributed by atoms with van der Waals surface area (Å²) < 4.78 is 0. The lowest BCUT2D eigenvalue weighted by Crippen LogP contribution is -2.53. The molecule has 0 radical (unpaired) electrons. The number of nitrogens with one attached hydrogen (secondary N) is 1. The third-order valence-electron chi connectivity index (χ3n) is 3.29. The molecule has 3 N–H and O–H groups in total. The third-order valence-corrected chi connectivity index (χ3v) is 3.29. The second-order valence-corrected chi connectivity index (χ2v) is 4.45. The van der Waals surface area contributed by atoms with E-state index in [1.54, 1.807) is 12.1 Å². The Morgan fingerprint density at radius 1 is 1.17 bits per heavy atom. The molecule has 0 saturated carbocycles. The molecule has 18 heavy (non-hydrogen) atoms. The number of amides is 1. The van der Waals surface area contributed by atoms with Crippen molar-refractivity contribution < 1.29 is 15.0 Å². The lowest BCUT2D eigenvalue weighted by molar-refractivity contribution is 0.0653. The number of rotatable bonds is 6. The van der Waals surface area contributed by atoms with Gasteiger partial charge in [0.25, 0.3) is 5.91 Å². The molecule has 0 fully saturated rings. The molecule has 0 atom stereocenters. The normalized spacial score (nSPS) is 11.3. The summed E-state index contributed by atoms with van der Waals surface area (Å²) in [5, 5.41) is 21.3. The van der Waals surface area contributed by atoms with E-state index in [2.05, 4.69) is 12.2 Å². The third kappa shape index (κ3) is 3.31. The zero-order valence-corrected chi connectivity index (χ0v) is 10.9. The number of aryl methyl sites for hydroxylation is 1. The molecule has 4 nitrogen and oxygen atoms in total. The fourth-order valence-corrected chi connectivity index (χ4v) is 1.65. The highest BCUT2D eigenvalue weighted by molar-refractivity contribution is 5.94. The van der Waals surface area contributed by atoms with Crippen LogP contribution in [0.4, 0.5) is 0 Å². The van der Waals surface area contributed by atoms with Gasteiger partial charge in [-0.2, -0.15) is 0 Å². The summed E-state index contributed by atoms with van der Waals surface area (Å²) in [7, 11) is 0. The molecule has 0 heterocycles. The fourth-order valence-electron chi connectivity index (χ4n) is 1.65. The molecule has 0 aromatic heterocycles. The van der Waals surface area contributed by atoms with Gasteiger partial charge in [0, 0.05) is 5.56 Å². The van der Waals surface area contributed by atoms with Gasteiger partial charge in [0.15, 0.2) is 0 Å². The Bertz CT molecular complexity index is 374. The van der Waals surface area contributed by atoms with E-state index in [0.717, 1.165) is 12.0 Å². The highest BCUT2D eigenvalue weighted by atomic mass is 16.3. The average Bonchev–Trinajstić information content (AvgIpc) is 2.45. The molecule has 1 rings (SSSR count). The lowest BCUT2D eigenvalue weighted by atomic mass is 9.97. The summed E-state index contributed by atoms with van der Waals surface area (Å²) in [6, 6.07) is 7.31. The summed E-state index contributed by atoms with van der Waals surface area (Å²) in [4.78, 5) is 12.0. The van der Waals surface area contributed by atoms with Crippen LogP contribution in [0.3, 0.4) is 0 Å². The van der Waals surface area contributed by atoms with Gasteiger partial charge in [0.1, 0.15) is 0 Å². The van der Waals surface area contributed by atoms with E-state index in [4.69, 9.17) is 0 Å². The van der Waals surface area contributed by atoms with Crippen molar-refractivity contribution in [1.82, 2.24) is 5.32 Å². The first kappa shape index (κ1) is 14.7. The smallest absolute Gasteiger partial charge is 0.251 e. The van der Waals surface area contributed by atoms with E-state index in [1.165, 1.54) is 0 Å². The second kappa shape index (κ2) is 6.52. The molecule has 0 aliphatic heterocycles. The van der Waals surface area contributed by atoms with Crippen LogP contribution >= 0.6 is 0 Å². The van der Waals surface area contributed by atoms with E-state index < -0.39 is 5.54 Å². The van der Waals surface area contributed by atoms with Gasteiger partial charge in [0.05, 0.1) is 18.8 Å². The van der Waals surface area contributed by atoms with Gasteiger partial charge >= 0.3 is 0 Å². The number of aliphatic hydroxyl groups is 2. The molecule has 0 unspecified atom stereocenters. The molecule has 0 aliphatic rings. The Labute approximate surface area is 108 Å². The Morgan fingerprint density at radius 2 is 1.72 bits per heavy atom. The summed E-state index contributed by atoms with van der Waals surface area (Å²) in [6.07, 6.45) is 1.40. The van der Waals surface area contributed by atoms with Gasteiger partial charge < -0.3 is 15.5 Å². The van der Waals surface area contributed by atoms with Gasteiger partial charge in [-0.3, -0.25) is 4.79 Å². The van der Waals surface area contributed by atoms with E-state index in [9.17, 15) is 15.0 Å². The quantitative estimate of drug-likeness (QED) is 0.709. The molecule has 4 heteroatoms. The van der Waals surface area contributed by atoms with Crippen molar-refractivity contribution in [3.05, 3.63) is 35.4 Å². The van der Waals surface area contributed by atoms with Crippen molar-refractivity contribution >= 4 is 5.91 Å². The van der Waals surface area contributed by atoms with Crippen LogP contribution in [0.2, 0.25) is 0 Å². The largest absolute Gasteiger partial charge is 0.394 e. The van der Waals surface area contributed by atoms with Gasteiger partial charge in [0.2, 0.25) is 0 Å². The molecular weight excluding hydrogens is 230 g/mol. The van der Waals surface area contributed by atoms with Crippen LogP contribution in [0.5, 0.6) is 0 Å². The Morgan fingerprint density at radius 3 is 2.11 bits per heavy atom. The van der Waals surface area contributed by atoms with Crippen molar-refractivity contribution in [1.29, 1.82) is 0 Å². The topological polar surface area (TPSA) is 69.6 Å². The fraction of sp³-hybridized carbons (Fsp3) is 0.500. The highest BCUT2D eigenvalue weighted by Crippen LogP contribution is 2.11. The maximum Gasteiger partial charge on any atom is 0.251 e. The predicted molar refractivity (Wildman–Crippen MR) is 70.5 cm³/mol. The van der Waals surface area contributed by atoms with Crippen LogP contribution < -0.4 is 5.32 Å². The maximum atomic E-state index is 12.0. The summed E-state index contributed by atoms with van der Waals surface area (Å²) in [6.45, 7) is 3.30. The molecule has 0 spiro atoms. The van der Waals surface area contributed by atoms with Crippen molar-refractivity contribution in [3.63, 3.8) is 0 Å². The highest BCUT2D eigenvalue weighted by Gasteiger charge is 2.28. The lowest BCUT2D eigenvalue weighted by Gasteiger charge is -2.29. The Hall–Kier alpha value is -1.39. The number of carbonyl (C=O) groups excluding carboxylic acids is 1. The number of aliphatic hydroxyl groups excluding tert-OH is 2. The first-order valence-corrected chi connectivity index (χ1v) is 6.24. The van der Waals surface area contributed by atoms with Crippen molar-refractivity contribution in [2.45, 2.75) is 32.2 Å². The molecule has 1 amide bonds. The second-order valence-electron chi connectivity index (χ2n) is 4.45. The molecule has 0 saturated heterocycles. The zero-order chi connectivity index (χ0) is 13.6. The van der Waals surface area contributed by atoms with Crippen molar-refractivity contribution in [2.75, 3.05) is 13.2 Å². The van der Waals surface area contributed by atoms with Crippen LogP contribution in [0.15, 0.2) is 24.3 Å². The van der Waals surface area contributed by atoms with Gasteiger partial charge in [-0.25, -0.2) is 0 Å². The first-order chi connectivity index (χ1) is 8.60. The molecular formula is C14H21NO3. The average molecular weight is 251 g/mol. The minimum Gasteiger partial charge on any atom is -0.394 e. The number of benzene rings is 1. The zero-order valence-electron chi connectivity index (χ0n) is 10.9. The van der Waals surface area contributed by atoms with E-state index in [1.807, 2.05) is 19.1 Å². The minimum atomic E-state index is -0.944. The first-order valence-electron chi connectivity index (χ1n) is 6.24. The van der Waals surface area contributed by atoms with Gasteiger partial charge in [-0.15, -0.1) is 0 Å². The number of carbonyl (C=O) groups is 1. The standard InChI is InChI=1S/C14H21NO3/c1-3-11-5-7-12(8-6-11)13(18)15-14(4-2,9-16)10-17/h5-8,16-17H,3-4,9-10H2,1-2H3,(H,15,18). The van der Waals surface area contributed by atoms with E-state index >= 15 is 0 Å². The Kier molecular flexibility index (Phi) is 5.31. The Balaban J connectivity index is 2.80. The summed E-state index contributed by atoms with van der Waals surface area (Å²) in [5.41, 5.74) is 0.755. The molecule has 1 aromatic carbocycles. The molecule has 100 valence electrons. The van der Waals surface area contributed by atoms with Gasteiger partial charge in [-0.05, 0) is 30.5 Å². The summed E-state index contributed by atoms with van der Waals surface area (Å²) in [5.74, 6) is -0.275. The van der Waals surface area contributed by atoms with Crippen LogP contribution in [-0.4, -0.2) is 34.9 Å². The number of hydrogen-bond acceptors (Lipinski definition) is 3. The van der Waals surface area contributed by atoms with Crippen molar-refractivity contribution in [3.8, 4) is 0 Å². The van der Waals surface area contributed by atoms with Crippen molar-refractivity contribution in [2.24, 2.45) is 0 Å². The van der Waals surface area contributed by atoms with E-state index in [-0.39, 0.29) is 19.1 Å². The van der Waals surface area contributed by atoms with Crippen LogP contribution in [-0.2, 0) is 6.42 Å². The van der Waals surface area contributed by atoms with Crippen LogP contribution in [0, 0.1) is 0 Å². The molecule has 0 aliphatic carbocycles. The molecule has 1 aromatic rings. The predicted octanol–water partition coefficient (Wildman–Crippen LogP) is 1.11. The monoisotopic (exact) mass is 251 g/mol. The number of hydrogen-bond donors (Lipinski definition) is 3. The van der Waals surface area contributed by atoms with E-state index in [0.29, 0.717) is 12.0 Å². The molecule has 0 bridgehead atoms. The SMILES string of the molecule is CCc1ccc(C(=O)NC(CC)(CO)CO)cc1. The van der Waals surface area contributed by atoms with Gasteiger partial charge in [-0.1, -0.05) is 26.0 Å². The summed E-state index contributed by atoms with van der Waals surface area (Å²) >= 11 is 0. The minimum absolute atomic E-state index is 0.275. The van der Waals surface area contributed by atoms with Crippen LogP contribution in [0.1, 0.15) is 36.2 Å². The maximum absolute atomic E-state index is 12.0.